The first-order chi connectivity index (χ1) is 4.62. The molecule has 0 unspecified atom stereocenters. The van der Waals surface area contributed by atoms with Crippen molar-refractivity contribution in [3.63, 3.8) is 0 Å². The zero-order valence-corrected chi connectivity index (χ0v) is 6.14. The minimum absolute atomic E-state index is 0.567. The molecule has 0 amide bonds. The van der Waals surface area contributed by atoms with Crippen LogP contribution in [0, 0.1) is 0 Å². The van der Waals surface area contributed by atoms with Crippen LogP contribution in [0.4, 0.5) is 0 Å². The fourth-order valence-corrected chi connectivity index (χ4v) is 1.82. The molecule has 0 aromatic heterocycles. The summed E-state index contributed by atoms with van der Waals surface area (Å²) in [7, 11) is 3.00. The van der Waals surface area contributed by atoms with Crippen LogP contribution in [0.1, 0.15) is 0 Å². The van der Waals surface area contributed by atoms with Crippen molar-refractivity contribution in [1.29, 1.82) is 0 Å². The second-order valence-corrected chi connectivity index (χ2v) is 3.63. The van der Waals surface area contributed by atoms with E-state index in [1.54, 1.807) is 4.39 Å². The summed E-state index contributed by atoms with van der Waals surface area (Å²) in [5, 5.41) is 0. The van der Waals surface area contributed by atoms with Crippen molar-refractivity contribution in [3.8, 4) is 0 Å². The second kappa shape index (κ2) is 1.77. The first kappa shape index (κ1) is 6.68. The van der Waals surface area contributed by atoms with Crippen LogP contribution in [0.5, 0.6) is 0 Å². The van der Waals surface area contributed by atoms with E-state index < -0.39 is 0 Å². The summed E-state index contributed by atoms with van der Waals surface area (Å²) in [5.74, 6) is 0. The van der Waals surface area contributed by atoms with Crippen molar-refractivity contribution in [2.75, 3.05) is 46.3 Å². The van der Waals surface area contributed by atoms with Gasteiger partial charge >= 0.3 is 0 Å². The number of piperazine rings is 3. The van der Waals surface area contributed by atoms with Crippen molar-refractivity contribution >= 4 is 7.98 Å². The van der Waals surface area contributed by atoms with Gasteiger partial charge in [-0.05, 0) is 0 Å². The molecule has 3 aliphatic heterocycles. The SMILES string of the molecule is [BH3-][N+]12CC[N+](C)(CC1)CC2. The predicted octanol–water partition coefficient (Wildman–Crippen LogP) is -1.44. The Morgan fingerprint density at radius 1 is 0.900 bits per heavy atom. The Morgan fingerprint density at radius 3 is 1.60 bits per heavy atom. The van der Waals surface area contributed by atoms with E-state index in [4.69, 9.17) is 0 Å². The average Bonchev–Trinajstić information content (AvgIpc) is 1.93. The van der Waals surface area contributed by atoms with Gasteiger partial charge in [-0.1, -0.05) is 0 Å². The summed E-state index contributed by atoms with van der Waals surface area (Å²) in [4.78, 5) is 0. The molecule has 0 radical (unpaired) electrons. The summed E-state index contributed by atoms with van der Waals surface area (Å²) in [6.45, 7) is 9.00. The van der Waals surface area contributed by atoms with Gasteiger partial charge in [0, 0.05) is 0 Å². The molecule has 0 spiro atoms. The molecule has 3 heterocycles. The smallest absolute Gasteiger partial charge is 0.169 e. The van der Waals surface area contributed by atoms with Crippen LogP contribution in [0.25, 0.3) is 0 Å². The molecule has 58 valence electrons. The lowest BCUT2D eigenvalue weighted by atomic mass is 10.0. The first-order valence-corrected chi connectivity index (χ1v) is 3.84. The van der Waals surface area contributed by atoms with E-state index in [0.717, 1.165) is 0 Å². The largest absolute Gasteiger partial charge is 0.508 e. The molecular weight excluding hydrogens is 123 g/mol. The van der Waals surface area contributed by atoms with Crippen LogP contribution in [-0.2, 0) is 0 Å². The maximum atomic E-state index is 2.43. The minimum Gasteiger partial charge on any atom is -0.508 e. The number of hydrogen-bond donors (Lipinski definition) is 0. The summed E-state index contributed by atoms with van der Waals surface area (Å²) >= 11 is 0. The topological polar surface area (TPSA) is 0 Å². The third-order valence-electron chi connectivity index (χ3n) is 2.87. The third-order valence-corrected chi connectivity index (χ3v) is 2.87. The highest BCUT2D eigenvalue weighted by Crippen LogP contribution is 2.21. The Hall–Kier alpha value is -0.0151. The van der Waals surface area contributed by atoms with Crippen LogP contribution in [0.3, 0.4) is 0 Å². The monoisotopic (exact) mass is 141 g/mol. The Labute approximate surface area is 64.0 Å². The van der Waals surface area contributed by atoms with Crippen molar-refractivity contribution in [2.24, 2.45) is 0 Å². The van der Waals surface area contributed by atoms with Crippen molar-refractivity contribution in [3.05, 3.63) is 0 Å². The number of fused-ring (bicyclic) bond motifs is 3. The lowest BCUT2D eigenvalue weighted by molar-refractivity contribution is -1.03. The maximum Gasteiger partial charge on any atom is 0.169 e. The maximum absolute atomic E-state index is 2.43. The summed E-state index contributed by atoms with van der Waals surface area (Å²) in [6.07, 6.45) is 0. The molecule has 3 saturated heterocycles. The zero-order valence-electron chi connectivity index (χ0n) is 6.14. The Bertz CT molecular complexity index is 115. The van der Waals surface area contributed by atoms with Gasteiger partial charge < -0.3 is 8.88 Å². The van der Waals surface area contributed by atoms with Gasteiger partial charge in [0.25, 0.3) is 0 Å². The zero-order chi connectivity index (χ0) is 7.24. The molecule has 2 bridgehead atoms. The summed E-state index contributed by atoms with van der Waals surface area (Å²) in [6, 6.07) is 0. The van der Waals surface area contributed by atoms with Gasteiger partial charge in [0.2, 0.25) is 0 Å². The highest BCUT2D eigenvalue weighted by molar-refractivity contribution is 5.97. The van der Waals surface area contributed by atoms with E-state index in [9.17, 15) is 0 Å². The fraction of sp³-hybridized carbons (Fsp3) is 1.00. The Morgan fingerprint density at radius 2 is 1.30 bits per heavy atom. The second-order valence-electron chi connectivity index (χ2n) is 3.63. The van der Waals surface area contributed by atoms with E-state index in [1.165, 1.54) is 43.8 Å². The molecular formula is C7H18BN2+. The number of rotatable bonds is 0. The molecule has 3 aliphatic rings. The average molecular weight is 141 g/mol. The van der Waals surface area contributed by atoms with E-state index in [2.05, 4.69) is 7.05 Å². The van der Waals surface area contributed by atoms with Crippen LogP contribution in [0.2, 0.25) is 0 Å². The molecule has 0 aromatic carbocycles. The molecule has 0 aromatic rings. The molecule has 3 rings (SSSR count). The van der Waals surface area contributed by atoms with Gasteiger partial charge in [-0.2, -0.15) is 0 Å². The molecule has 0 atom stereocenters. The quantitative estimate of drug-likeness (QED) is 0.286. The van der Waals surface area contributed by atoms with E-state index >= 15 is 0 Å². The van der Waals surface area contributed by atoms with Crippen LogP contribution in [-0.4, -0.2) is 63.2 Å². The molecule has 0 saturated carbocycles. The summed E-state index contributed by atoms with van der Waals surface area (Å²) in [5.41, 5.74) is 0. The number of hydrogen-bond acceptors (Lipinski definition) is 0. The van der Waals surface area contributed by atoms with E-state index in [0.29, 0.717) is 7.98 Å². The lowest BCUT2D eigenvalue weighted by Gasteiger charge is -2.57. The molecule has 2 nitrogen and oxygen atoms in total. The van der Waals surface area contributed by atoms with Gasteiger partial charge in [0.1, 0.15) is 19.6 Å². The highest BCUT2D eigenvalue weighted by Gasteiger charge is 2.39. The van der Waals surface area contributed by atoms with Crippen LogP contribution < -0.4 is 0 Å². The van der Waals surface area contributed by atoms with Crippen molar-refractivity contribution in [1.82, 2.24) is 0 Å². The lowest BCUT2D eigenvalue weighted by Crippen LogP contribution is -2.72. The summed E-state index contributed by atoms with van der Waals surface area (Å²) < 4.78 is 3.00. The van der Waals surface area contributed by atoms with Crippen molar-refractivity contribution < 1.29 is 8.88 Å². The molecule has 3 heteroatoms. The molecule has 0 N–H and O–H groups in total. The standard InChI is InChI=1S/C7H18BN2/c1-9-2-5-10(8,6-3-9)7-4-9/h2-7H2,1,8H3/q+1. The Kier molecular flexibility index (Phi) is 1.18. The van der Waals surface area contributed by atoms with Crippen LogP contribution in [0.15, 0.2) is 0 Å². The predicted molar refractivity (Wildman–Crippen MR) is 45.6 cm³/mol. The van der Waals surface area contributed by atoms with Gasteiger partial charge in [-0.3, -0.25) is 0 Å². The minimum atomic E-state index is 0.567. The number of quaternary nitrogens is 2. The molecule has 3 fully saturated rings. The fourth-order valence-electron chi connectivity index (χ4n) is 1.82. The highest BCUT2D eigenvalue weighted by atomic mass is 15.5. The van der Waals surface area contributed by atoms with Gasteiger partial charge in [-0.25, -0.2) is 0 Å². The van der Waals surface area contributed by atoms with Crippen LogP contribution >= 0.6 is 0 Å². The molecule has 0 aliphatic carbocycles. The van der Waals surface area contributed by atoms with Gasteiger partial charge in [0.15, 0.2) is 7.98 Å². The Balaban J connectivity index is 2.16. The third kappa shape index (κ3) is 0.885. The number of nitrogens with zero attached hydrogens (tertiary/aromatic N) is 2. The van der Waals surface area contributed by atoms with E-state index in [1.807, 2.05) is 0 Å². The normalized spacial score (nSPS) is 53.4. The molecule has 10 heavy (non-hydrogen) atoms. The van der Waals surface area contributed by atoms with Gasteiger partial charge in [0.05, 0.1) is 26.7 Å². The number of likely N-dealkylation sites (N-methyl/N-ethyl adjacent to an activating group) is 1. The van der Waals surface area contributed by atoms with Crippen molar-refractivity contribution in [2.45, 2.75) is 0 Å². The first-order valence-electron chi connectivity index (χ1n) is 3.84. The van der Waals surface area contributed by atoms with E-state index in [-0.39, 0.29) is 0 Å². The van der Waals surface area contributed by atoms with Gasteiger partial charge in [-0.15, -0.1) is 0 Å².